The number of aryl methyl sites for hydroxylation is 1. The van der Waals surface area contributed by atoms with Crippen LogP contribution >= 0.6 is 11.6 Å². The highest BCUT2D eigenvalue weighted by molar-refractivity contribution is 6.31. The third kappa shape index (κ3) is 10.3. The molecule has 3 fully saturated rings. The number of carbonyl (C=O) groups is 3. The van der Waals surface area contributed by atoms with E-state index in [1.807, 2.05) is 39.0 Å². The molecule has 348 valence electrons. The summed E-state index contributed by atoms with van der Waals surface area (Å²) in [6.45, 7) is 18.3. The minimum absolute atomic E-state index is 0.110. The Bertz CT molecular complexity index is 2450. The summed E-state index contributed by atoms with van der Waals surface area (Å²) >= 11 is 6.26. The molecular weight excluding hydrogens is 856 g/mol. The summed E-state index contributed by atoms with van der Waals surface area (Å²) in [5, 5.41) is 40.0. The van der Waals surface area contributed by atoms with Gasteiger partial charge in [-0.2, -0.15) is 10.5 Å². The normalized spacial score (nSPS) is 23.2. The van der Waals surface area contributed by atoms with Crippen LogP contribution in [0, 0.1) is 51.2 Å². The highest BCUT2D eigenvalue weighted by Crippen LogP contribution is 2.55. The van der Waals surface area contributed by atoms with Crippen LogP contribution in [-0.2, 0) is 16.0 Å². The van der Waals surface area contributed by atoms with Gasteiger partial charge >= 0.3 is 0 Å². The van der Waals surface area contributed by atoms with E-state index in [1.54, 1.807) is 48.7 Å². The molecule has 66 heavy (non-hydrogen) atoms. The van der Waals surface area contributed by atoms with Crippen molar-refractivity contribution < 1.29 is 28.8 Å². The van der Waals surface area contributed by atoms with Gasteiger partial charge in [-0.3, -0.25) is 19.3 Å². The number of aromatic nitrogens is 2. The summed E-state index contributed by atoms with van der Waals surface area (Å²) in [4.78, 5) is 50.6. The molecule has 3 N–H and O–H groups in total. The van der Waals surface area contributed by atoms with Gasteiger partial charge in [-0.05, 0) is 87.0 Å². The first-order chi connectivity index (χ1) is 31.4. The van der Waals surface area contributed by atoms with E-state index in [-0.39, 0.29) is 65.4 Å². The molecule has 2 aromatic carbocycles. The third-order valence-corrected chi connectivity index (χ3v) is 14.4. The van der Waals surface area contributed by atoms with Gasteiger partial charge in [0.2, 0.25) is 5.91 Å². The van der Waals surface area contributed by atoms with Crippen molar-refractivity contribution in [2.75, 3.05) is 37.6 Å². The Labute approximate surface area is 392 Å². The molecule has 0 bridgehead atoms. The molecule has 1 aliphatic heterocycles. The zero-order valence-corrected chi connectivity index (χ0v) is 39.6. The fourth-order valence-electron chi connectivity index (χ4n) is 10.7. The standard InChI is InChI=1S/C51H61ClN8O6/c1-30(2)44(45(62)39-24-37(61)25-40(39)47(64)56-31(3)33-12-10-32(27-53)11-13-33)42-23-36(58-66-42)9-8-18-59-19-21-60(22-20-59)43-17-15-35(29-55-43)46(63)57-48-50(4,5)49(51(48,6)7)65-38-16-14-34(28-54)41(52)26-38/h10-17,23,26,29-31,37,39-40,44,48-49,61H,8-9,18-22,24-25H2,1-7H3,(H,56,64)(H,57,63)/t31-,37-,39?,40+,44-,48?,49?/m0/s1. The van der Waals surface area contributed by atoms with Crippen molar-refractivity contribution in [1.82, 2.24) is 25.7 Å². The summed E-state index contributed by atoms with van der Waals surface area (Å²) < 4.78 is 12.2. The maximum atomic E-state index is 14.2. The van der Waals surface area contributed by atoms with Crippen LogP contribution < -0.4 is 20.3 Å². The van der Waals surface area contributed by atoms with E-state index in [2.05, 4.69) is 70.4 Å². The Kier molecular flexibility index (Phi) is 14.6. The number of piperazine rings is 1. The zero-order chi connectivity index (χ0) is 47.5. The van der Waals surface area contributed by atoms with Crippen LogP contribution in [0.3, 0.4) is 0 Å². The first-order valence-corrected chi connectivity index (χ1v) is 23.4. The fourth-order valence-corrected chi connectivity index (χ4v) is 10.9. The number of rotatable bonds is 16. The lowest BCUT2D eigenvalue weighted by Crippen LogP contribution is -2.74. The average molecular weight is 918 g/mol. The molecule has 3 aliphatic rings. The van der Waals surface area contributed by atoms with E-state index in [9.17, 15) is 24.8 Å². The molecule has 0 spiro atoms. The van der Waals surface area contributed by atoms with Gasteiger partial charge in [-0.25, -0.2) is 4.98 Å². The summed E-state index contributed by atoms with van der Waals surface area (Å²) in [5.74, 6) is -0.718. The van der Waals surface area contributed by atoms with Crippen LogP contribution in [0.1, 0.15) is 118 Å². The number of benzene rings is 2. The van der Waals surface area contributed by atoms with Gasteiger partial charge in [-0.15, -0.1) is 0 Å². The van der Waals surface area contributed by atoms with Gasteiger partial charge in [0.1, 0.15) is 35.3 Å². The van der Waals surface area contributed by atoms with E-state index < -0.39 is 23.9 Å². The topological polar surface area (TPSA) is 198 Å². The fraction of sp³-hybridized carbons (Fsp3) is 0.510. The van der Waals surface area contributed by atoms with Crippen LogP contribution in [-0.4, -0.2) is 88.7 Å². The van der Waals surface area contributed by atoms with Gasteiger partial charge in [0.15, 0.2) is 0 Å². The zero-order valence-electron chi connectivity index (χ0n) is 38.9. The molecule has 15 heteroatoms. The van der Waals surface area contributed by atoms with Crippen LogP contribution in [0.4, 0.5) is 5.82 Å². The van der Waals surface area contributed by atoms with Crippen molar-refractivity contribution in [1.29, 1.82) is 10.5 Å². The number of nitriles is 2. The largest absolute Gasteiger partial charge is 0.489 e. The minimum Gasteiger partial charge on any atom is -0.489 e. The Balaban J connectivity index is 0.861. The number of ketones is 1. The molecular formula is C51H61ClN8O6. The summed E-state index contributed by atoms with van der Waals surface area (Å²) in [5.41, 5.74) is 2.26. The number of pyridine rings is 1. The van der Waals surface area contributed by atoms with E-state index >= 15 is 0 Å². The molecule has 2 aliphatic carbocycles. The Morgan fingerprint density at radius 3 is 2.26 bits per heavy atom. The van der Waals surface area contributed by atoms with E-state index in [0.717, 1.165) is 56.2 Å². The number of carbonyl (C=O) groups excluding carboxylic acids is 3. The van der Waals surface area contributed by atoms with Crippen LogP contribution in [0.15, 0.2) is 71.4 Å². The number of nitrogens with one attached hydrogen (secondary N) is 2. The van der Waals surface area contributed by atoms with Crippen molar-refractivity contribution in [2.45, 2.75) is 104 Å². The predicted molar refractivity (Wildman–Crippen MR) is 250 cm³/mol. The number of aliphatic hydroxyl groups is 1. The summed E-state index contributed by atoms with van der Waals surface area (Å²) in [6, 6.07) is 21.3. The number of hydrogen-bond donors (Lipinski definition) is 3. The van der Waals surface area contributed by atoms with Crippen LogP contribution in [0.25, 0.3) is 0 Å². The van der Waals surface area contributed by atoms with Crippen LogP contribution in [0.5, 0.6) is 5.75 Å². The number of halogens is 1. The van der Waals surface area contributed by atoms with Gasteiger partial charge in [0.05, 0.1) is 57.5 Å². The van der Waals surface area contributed by atoms with E-state index in [0.29, 0.717) is 39.6 Å². The van der Waals surface area contributed by atoms with Gasteiger partial charge in [0, 0.05) is 67.3 Å². The van der Waals surface area contributed by atoms with E-state index in [1.165, 1.54) is 0 Å². The molecule has 5 atom stereocenters. The number of hydrogen-bond acceptors (Lipinski definition) is 12. The predicted octanol–water partition coefficient (Wildman–Crippen LogP) is 7.41. The molecule has 4 aromatic rings. The third-order valence-electron chi connectivity index (χ3n) is 14.0. The van der Waals surface area contributed by atoms with Crippen molar-refractivity contribution in [3.05, 3.63) is 106 Å². The second-order valence-corrected chi connectivity index (χ2v) is 20.2. The summed E-state index contributed by atoms with van der Waals surface area (Å²) in [7, 11) is 0. The Morgan fingerprint density at radius 1 is 0.939 bits per heavy atom. The Morgan fingerprint density at radius 2 is 1.64 bits per heavy atom. The maximum absolute atomic E-state index is 14.2. The number of amides is 2. The first-order valence-electron chi connectivity index (χ1n) is 23.0. The second kappa shape index (κ2) is 20.0. The van der Waals surface area contributed by atoms with Crippen molar-refractivity contribution in [3.63, 3.8) is 0 Å². The number of ether oxygens (including phenoxy) is 1. The highest BCUT2D eigenvalue weighted by Gasteiger charge is 2.64. The molecule has 1 saturated heterocycles. The molecule has 2 amide bonds. The lowest BCUT2D eigenvalue weighted by molar-refractivity contribution is -0.164. The second-order valence-electron chi connectivity index (χ2n) is 19.8. The average Bonchev–Trinajstić information content (AvgIpc) is 3.93. The number of Topliss-reactive ketones (excluding diaryl/α,β-unsaturated/α-hetero) is 1. The molecule has 7 rings (SSSR count). The number of nitrogens with zero attached hydrogens (tertiary/aromatic N) is 6. The molecule has 14 nitrogen and oxygen atoms in total. The van der Waals surface area contributed by atoms with Crippen molar-refractivity contribution in [3.8, 4) is 17.9 Å². The molecule has 2 aromatic heterocycles. The molecule has 3 heterocycles. The first kappa shape index (κ1) is 48.1. The van der Waals surface area contributed by atoms with Crippen molar-refractivity contribution in [2.24, 2.45) is 28.6 Å². The molecule has 2 saturated carbocycles. The van der Waals surface area contributed by atoms with Gasteiger partial charge in [0.25, 0.3) is 5.91 Å². The Hall–Kier alpha value is -5.80. The van der Waals surface area contributed by atoms with Crippen LogP contribution in [0.2, 0.25) is 5.02 Å². The van der Waals surface area contributed by atoms with Crippen molar-refractivity contribution >= 4 is 35.0 Å². The summed E-state index contributed by atoms with van der Waals surface area (Å²) in [6.07, 6.45) is 2.64. The number of aliphatic hydroxyl groups excluding tert-OH is 1. The molecule has 1 unspecified atom stereocenters. The smallest absolute Gasteiger partial charge is 0.253 e. The lowest BCUT2D eigenvalue weighted by atomic mass is 9.49. The number of anilines is 1. The molecule has 0 radical (unpaired) electrons. The van der Waals surface area contributed by atoms with Gasteiger partial charge < -0.3 is 29.9 Å². The van der Waals surface area contributed by atoms with E-state index in [4.69, 9.17) is 26.1 Å². The maximum Gasteiger partial charge on any atom is 0.253 e. The quantitative estimate of drug-likeness (QED) is 0.101. The highest BCUT2D eigenvalue weighted by atomic mass is 35.5. The SMILES string of the molecule is CC(C)[C@H](C(=O)C1C[C@H](O)C[C@H]1C(=O)N[C@@H](C)c1ccc(C#N)cc1)c1cc(CCCN2CCN(c3ccc(C(=O)NC4C(C)(C)C(Oc5ccc(C#N)c(Cl)c5)C4(C)C)cn3)CC2)no1. The van der Waals surface area contributed by atoms with Gasteiger partial charge in [-0.1, -0.05) is 70.4 Å². The minimum atomic E-state index is -0.755. The lowest BCUT2D eigenvalue weighted by Gasteiger charge is -2.63. The monoisotopic (exact) mass is 916 g/mol.